The zero-order valence-corrected chi connectivity index (χ0v) is 19.7. The minimum atomic E-state index is -3.55. The summed E-state index contributed by atoms with van der Waals surface area (Å²) in [4.78, 5) is 30.8. The molecule has 0 radical (unpaired) electrons. The molecular formula is C22H23N3O5S2. The normalized spacial score (nSPS) is 11.1. The Hall–Kier alpha value is -3.24. The number of esters is 1. The summed E-state index contributed by atoms with van der Waals surface area (Å²) in [6.45, 7) is 5.31. The molecule has 8 nitrogen and oxygen atoms in total. The van der Waals surface area contributed by atoms with Gasteiger partial charge in [0, 0.05) is 12.3 Å². The fourth-order valence-electron chi connectivity index (χ4n) is 2.92. The van der Waals surface area contributed by atoms with Gasteiger partial charge in [0.15, 0.2) is 5.13 Å². The van der Waals surface area contributed by atoms with Crippen LogP contribution in [0.1, 0.15) is 34.1 Å². The number of carbonyl (C=O) groups is 2. The second kappa shape index (κ2) is 9.49. The molecule has 2 aromatic carbocycles. The highest BCUT2D eigenvalue weighted by Crippen LogP contribution is 2.30. The number of aromatic nitrogens is 1. The quantitative estimate of drug-likeness (QED) is 0.516. The summed E-state index contributed by atoms with van der Waals surface area (Å²) >= 11 is 1.26. The number of aryl methyl sites for hydroxylation is 2. The highest BCUT2D eigenvalue weighted by atomic mass is 32.2. The van der Waals surface area contributed by atoms with E-state index in [2.05, 4.69) is 9.71 Å². The standard InChI is InChI=1S/C22H23N3O5S2/c1-14-9-10-18(11-15(14)2)25(16(3)26)22-23-17(13-31-22)12-30-21(27)19-7-5-6-8-20(19)24-32(4,28)29/h5-11,13,24H,12H2,1-4H3. The largest absolute Gasteiger partial charge is 0.455 e. The molecule has 168 valence electrons. The molecule has 0 aliphatic rings. The third-order valence-corrected chi connectivity index (χ3v) is 6.05. The molecule has 0 aliphatic carbocycles. The zero-order valence-electron chi connectivity index (χ0n) is 18.1. The van der Waals surface area contributed by atoms with Crippen LogP contribution >= 0.6 is 11.3 Å². The summed E-state index contributed by atoms with van der Waals surface area (Å²) in [5, 5.41) is 2.17. The summed E-state index contributed by atoms with van der Waals surface area (Å²) in [6.07, 6.45) is 1.00. The number of hydrogen-bond acceptors (Lipinski definition) is 7. The zero-order chi connectivity index (χ0) is 23.5. The van der Waals surface area contributed by atoms with Gasteiger partial charge in [0.25, 0.3) is 0 Å². The van der Waals surface area contributed by atoms with Gasteiger partial charge in [-0.05, 0) is 49.2 Å². The van der Waals surface area contributed by atoms with Gasteiger partial charge in [-0.1, -0.05) is 18.2 Å². The number of anilines is 3. The Morgan fingerprint density at radius 3 is 2.50 bits per heavy atom. The number of sulfonamides is 1. The third-order valence-electron chi connectivity index (χ3n) is 4.59. The predicted molar refractivity (Wildman–Crippen MR) is 125 cm³/mol. The van der Waals surface area contributed by atoms with Crippen LogP contribution in [-0.2, 0) is 26.2 Å². The predicted octanol–water partition coefficient (Wildman–Crippen LogP) is 4.17. The fourth-order valence-corrected chi connectivity index (χ4v) is 4.37. The van der Waals surface area contributed by atoms with Crippen LogP contribution in [0.3, 0.4) is 0 Å². The summed E-state index contributed by atoms with van der Waals surface area (Å²) in [6, 6.07) is 11.9. The van der Waals surface area contributed by atoms with Crippen LogP contribution in [0.15, 0.2) is 47.8 Å². The van der Waals surface area contributed by atoms with E-state index < -0.39 is 16.0 Å². The number of rotatable bonds is 7. The first-order chi connectivity index (χ1) is 15.0. The average Bonchev–Trinajstić information content (AvgIpc) is 3.16. The molecule has 1 N–H and O–H groups in total. The maximum atomic E-state index is 12.5. The number of amides is 1. The molecule has 0 saturated carbocycles. The van der Waals surface area contributed by atoms with Crippen molar-refractivity contribution in [3.05, 3.63) is 70.2 Å². The lowest BCUT2D eigenvalue weighted by atomic mass is 10.1. The van der Waals surface area contributed by atoms with E-state index in [9.17, 15) is 18.0 Å². The minimum Gasteiger partial charge on any atom is -0.455 e. The van der Waals surface area contributed by atoms with Crippen LogP contribution in [0.4, 0.5) is 16.5 Å². The van der Waals surface area contributed by atoms with Gasteiger partial charge in [0.2, 0.25) is 15.9 Å². The highest BCUT2D eigenvalue weighted by Gasteiger charge is 2.20. The number of benzene rings is 2. The average molecular weight is 474 g/mol. The molecule has 0 bridgehead atoms. The molecule has 3 aromatic rings. The lowest BCUT2D eigenvalue weighted by Gasteiger charge is -2.19. The van der Waals surface area contributed by atoms with Crippen LogP contribution in [0.2, 0.25) is 0 Å². The van der Waals surface area contributed by atoms with E-state index in [1.165, 1.54) is 35.3 Å². The van der Waals surface area contributed by atoms with E-state index in [1.807, 2.05) is 32.0 Å². The van der Waals surface area contributed by atoms with Crippen molar-refractivity contribution in [2.24, 2.45) is 0 Å². The summed E-state index contributed by atoms with van der Waals surface area (Å²) in [7, 11) is -3.55. The van der Waals surface area contributed by atoms with Crippen molar-refractivity contribution in [3.8, 4) is 0 Å². The highest BCUT2D eigenvalue weighted by molar-refractivity contribution is 7.92. The molecule has 3 rings (SSSR count). The number of thiazole rings is 1. The molecule has 1 heterocycles. The summed E-state index contributed by atoms with van der Waals surface area (Å²) in [5.74, 6) is -0.879. The molecule has 0 aliphatic heterocycles. The third kappa shape index (κ3) is 5.71. The Balaban J connectivity index is 1.76. The van der Waals surface area contributed by atoms with Gasteiger partial charge in [-0.3, -0.25) is 14.4 Å². The maximum Gasteiger partial charge on any atom is 0.340 e. The van der Waals surface area contributed by atoms with E-state index in [-0.39, 0.29) is 23.8 Å². The topological polar surface area (TPSA) is 106 Å². The maximum absolute atomic E-state index is 12.5. The van der Waals surface area contributed by atoms with E-state index in [0.717, 1.165) is 17.4 Å². The summed E-state index contributed by atoms with van der Waals surface area (Å²) in [5.41, 5.74) is 3.59. The molecule has 0 fully saturated rings. The number of hydrogen-bond donors (Lipinski definition) is 1. The lowest BCUT2D eigenvalue weighted by Crippen LogP contribution is -2.22. The molecular weight excluding hydrogens is 450 g/mol. The van der Waals surface area contributed by atoms with Crippen molar-refractivity contribution in [3.63, 3.8) is 0 Å². The van der Waals surface area contributed by atoms with Gasteiger partial charge in [0.1, 0.15) is 6.61 Å². The molecule has 0 atom stereocenters. The number of nitrogens with one attached hydrogen (secondary N) is 1. The Morgan fingerprint density at radius 2 is 1.84 bits per heavy atom. The number of nitrogens with zero attached hydrogens (tertiary/aromatic N) is 2. The van der Waals surface area contributed by atoms with Gasteiger partial charge < -0.3 is 4.74 Å². The lowest BCUT2D eigenvalue weighted by molar-refractivity contribution is -0.115. The Labute approximate surface area is 190 Å². The van der Waals surface area contributed by atoms with Crippen molar-refractivity contribution < 1.29 is 22.7 Å². The van der Waals surface area contributed by atoms with E-state index in [0.29, 0.717) is 16.5 Å². The summed E-state index contributed by atoms with van der Waals surface area (Å²) < 4.78 is 30.7. The van der Waals surface area contributed by atoms with Crippen LogP contribution < -0.4 is 9.62 Å². The first-order valence-electron chi connectivity index (χ1n) is 9.61. The van der Waals surface area contributed by atoms with Crippen molar-refractivity contribution in [2.45, 2.75) is 27.4 Å². The molecule has 0 spiro atoms. The van der Waals surface area contributed by atoms with Gasteiger partial charge in [-0.25, -0.2) is 18.2 Å². The van der Waals surface area contributed by atoms with E-state index in [1.54, 1.807) is 17.5 Å². The van der Waals surface area contributed by atoms with Gasteiger partial charge >= 0.3 is 5.97 Å². The van der Waals surface area contributed by atoms with Crippen LogP contribution in [0.25, 0.3) is 0 Å². The van der Waals surface area contributed by atoms with Crippen molar-refractivity contribution >= 4 is 49.7 Å². The Morgan fingerprint density at radius 1 is 1.12 bits per heavy atom. The van der Waals surface area contributed by atoms with Gasteiger partial charge in [0.05, 0.1) is 28.9 Å². The molecule has 10 heteroatoms. The first kappa shape index (κ1) is 23.4. The minimum absolute atomic E-state index is 0.0915. The van der Waals surface area contributed by atoms with E-state index >= 15 is 0 Å². The van der Waals surface area contributed by atoms with Crippen LogP contribution in [0, 0.1) is 13.8 Å². The smallest absolute Gasteiger partial charge is 0.340 e. The Kier molecular flexibility index (Phi) is 6.95. The number of carbonyl (C=O) groups excluding carboxylic acids is 2. The second-order valence-electron chi connectivity index (χ2n) is 7.24. The molecule has 1 amide bonds. The fraction of sp³-hybridized carbons (Fsp3) is 0.227. The van der Waals surface area contributed by atoms with Crippen LogP contribution in [-0.4, -0.2) is 31.5 Å². The molecule has 0 saturated heterocycles. The van der Waals surface area contributed by atoms with Crippen molar-refractivity contribution in [2.75, 3.05) is 15.9 Å². The Bertz CT molecular complexity index is 1270. The van der Waals surface area contributed by atoms with Crippen LogP contribution in [0.5, 0.6) is 0 Å². The van der Waals surface area contributed by atoms with Gasteiger partial charge in [-0.15, -0.1) is 11.3 Å². The monoisotopic (exact) mass is 473 g/mol. The number of ether oxygens (including phenoxy) is 1. The first-order valence-corrected chi connectivity index (χ1v) is 12.4. The molecule has 32 heavy (non-hydrogen) atoms. The van der Waals surface area contributed by atoms with E-state index in [4.69, 9.17) is 4.74 Å². The van der Waals surface area contributed by atoms with Crippen molar-refractivity contribution in [1.82, 2.24) is 4.98 Å². The second-order valence-corrected chi connectivity index (χ2v) is 9.83. The SMILES string of the molecule is CC(=O)N(c1ccc(C)c(C)c1)c1nc(COC(=O)c2ccccc2NS(C)(=O)=O)cs1. The molecule has 0 unspecified atom stereocenters. The number of para-hydroxylation sites is 1. The molecule has 1 aromatic heterocycles. The van der Waals surface area contributed by atoms with Crippen molar-refractivity contribution in [1.29, 1.82) is 0 Å². The van der Waals surface area contributed by atoms with Gasteiger partial charge in [-0.2, -0.15) is 0 Å².